The summed E-state index contributed by atoms with van der Waals surface area (Å²) in [4.78, 5) is 4.12. The number of aliphatic hydroxyl groups is 1. The molecule has 0 aliphatic heterocycles. The average molecular weight is 229 g/mol. The molecule has 0 spiro atoms. The Bertz CT molecular complexity index is 313. The first-order valence-electron chi connectivity index (χ1n) is 5.07. The molecule has 0 amide bonds. The van der Waals surface area contributed by atoms with Gasteiger partial charge < -0.3 is 10.4 Å². The first-order chi connectivity index (χ1) is 7.09. The van der Waals surface area contributed by atoms with Crippen LogP contribution in [0.4, 0.5) is 5.82 Å². The van der Waals surface area contributed by atoms with Gasteiger partial charge in [-0.05, 0) is 18.6 Å². The van der Waals surface area contributed by atoms with Crippen molar-refractivity contribution in [3.63, 3.8) is 0 Å². The fourth-order valence-electron chi connectivity index (χ4n) is 1.10. The van der Waals surface area contributed by atoms with E-state index in [9.17, 15) is 5.11 Å². The molecular formula is C11H17ClN2O. The quantitative estimate of drug-likeness (QED) is 0.762. The van der Waals surface area contributed by atoms with E-state index in [1.54, 1.807) is 6.07 Å². The summed E-state index contributed by atoms with van der Waals surface area (Å²) < 4.78 is 0. The summed E-state index contributed by atoms with van der Waals surface area (Å²) in [5.74, 6) is 0.746. The number of nitrogens with zero attached hydrogens (tertiary/aromatic N) is 1. The lowest BCUT2D eigenvalue weighted by Crippen LogP contribution is -2.29. The van der Waals surface area contributed by atoms with Gasteiger partial charge in [0.15, 0.2) is 0 Å². The fraction of sp³-hybridized carbons (Fsp3) is 0.545. The van der Waals surface area contributed by atoms with E-state index in [4.69, 9.17) is 11.6 Å². The second kappa shape index (κ2) is 5.33. The van der Waals surface area contributed by atoms with E-state index in [2.05, 4.69) is 17.2 Å². The summed E-state index contributed by atoms with van der Waals surface area (Å²) in [6, 6.07) is 5.44. The molecule has 0 aromatic carbocycles. The zero-order valence-corrected chi connectivity index (χ0v) is 9.88. The molecule has 0 radical (unpaired) electrons. The predicted molar refractivity (Wildman–Crippen MR) is 63.2 cm³/mol. The Hall–Kier alpha value is -0.800. The monoisotopic (exact) mass is 228 g/mol. The summed E-state index contributed by atoms with van der Waals surface area (Å²) in [5, 5.41) is 12.9. The van der Waals surface area contributed by atoms with Gasteiger partial charge in [-0.1, -0.05) is 31.5 Å². The second-order valence-corrected chi connectivity index (χ2v) is 4.41. The van der Waals surface area contributed by atoms with Gasteiger partial charge in [0.2, 0.25) is 0 Å². The minimum atomic E-state index is -0.107. The van der Waals surface area contributed by atoms with Crippen LogP contribution in [-0.4, -0.2) is 23.2 Å². The molecule has 0 aliphatic carbocycles. The maximum atomic E-state index is 9.23. The van der Waals surface area contributed by atoms with Crippen molar-refractivity contribution in [1.29, 1.82) is 0 Å². The van der Waals surface area contributed by atoms with Gasteiger partial charge in [-0.2, -0.15) is 0 Å². The number of rotatable bonds is 5. The third-order valence-corrected chi connectivity index (χ3v) is 2.86. The predicted octanol–water partition coefficient (Wildman–Crippen LogP) is 2.56. The molecule has 0 bridgehead atoms. The van der Waals surface area contributed by atoms with Crippen molar-refractivity contribution in [3.05, 3.63) is 23.4 Å². The highest BCUT2D eigenvalue weighted by Gasteiger charge is 2.20. The van der Waals surface area contributed by atoms with Crippen molar-refractivity contribution in [2.75, 3.05) is 18.5 Å². The first-order valence-corrected chi connectivity index (χ1v) is 5.45. The van der Waals surface area contributed by atoms with E-state index in [0.29, 0.717) is 11.7 Å². The van der Waals surface area contributed by atoms with Crippen LogP contribution in [0.5, 0.6) is 0 Å². The third-order valence-electron chi connectivity index (χ3n) is 2.65. The normalized spacial score (nSPS) is 14.7. The SMILES string of the molecule is CCC(C)(CO)CNc1cccc(Cl)n1. The zero-order chi connectivity index (χ0) is 11.3. The average Bonchev–Trinajstić information content (AvgIpc) is 2.26. The molecule has 2 N–H and O–H groups in total. The number of pyridine rings is 1. The standard InChI is InChI=1S/C11H17ClN2O/c1-3-11(2,8-15)7-13-10-6-4-5-9(12)14-10/h4-6,15H,3,7-8H2,1-2H3,(H,13,14). The Morgan fingerprint density at radius 2 is 2.27 bits per heavy atom. The lowest BCUT2D eigenvalue weighted by Gasteiger charge is -2.26. The summed E-state index contributed by atoms with van der Waals surface area (Å²) in [6.07, 6.45) is 0.914. The minimum Gasteiger partial charge on any atom is -0.396 e. The summed E-state index contributed by atoms with van der Waals surface area (Å²) >= 11 is 5.76. The molecule has 0 aliphatic rings. The van der Waals surface area contributed by atoms with Crippen molar-refractivity contribution in [3.8, 4) is 0 Å². The number of anilines is 1. The molecule has 84 valence electrons. The van der Waals surface area contributed by atoms with Gasteiger partial charge in [0.1, 0.15) is 11.0 Å². The van der Waals surface area contributed by atoms with Crippen LogP contribution in [0.15, 0.2) is 18.2 Å². The minimum absolute atomic E-state index is 0.107. The number of aliphatic hydroxyl groups excluding tert-OH is 1. The molecule has 1 unspecified atom stereocenters. The number of nitrogens with one attached hydrogen (secondary N) is 1. The van der Waals surface area contributed by atoms with Crippen LogP contribution in [-0.2, 0) is 0 Å². The van der Waals surface area contributed by atoms with Crippen LogP contribution >= 0.6 is 11.6 Å². The molecule has 1 aromatic rings. The molecule has 0 saturated carbocycles. The molecule has 3 nitrogen and oxygen atoms in total. The van der Waals surface area contributed by atoms with Crippen LogP contribution < -0.4 is 5.32 Å². The van der Waals surface area contributed by atoms with Gasteiger partial charge in [-0.25, -0.2) is 4.98 Å². The van der Waals surface area contributed by atoms with Gasteiger partial charge in [0.25, 0.3) is 0 Å². The highest BCUT2D eigenvalue weighted by molar-refractivity contribution is 6.29. The lowest BCUT2D eigenvalue weighted by atomic mass is 9.89. The molecule has 1 aromatic heterocycles. The first kappa shape index (κ1) is 12.3. The Morgan fingerprint density at radius 1 is 1.53 bits per heavy atom. The molecular weight excluding hydrogens is 212 g/mol. The Kier molecular flexibility index (Phi) is 4.36. The van der Waals surface area contributed by atoms with Crippen LogP contribution in [0, 0.1) is 5.41 Å². The van der Waals surface area contributed by atoms with Gasteiger partial charge >= 0.3 is 0 Å². The van der Waals surface area contributed by atoms with Gasteiger partial charge in [-0.15, -0.1) is 0 Å². The van der Waals surface area contributed by atoms with Gasteiger partial charge in [0, 0.05) is 12.0 Å². The van der Waals surface area contributed by atoms with E-state index in [0.717, 1.165) is 12.2 Å². The summed E-state index contributed by atoms with van der Waals surface area (Å²) in [5.41, 5.74) is -0.107. The largest absolute Gasteiger partial charge is 0.396 e. The molecule has 0 fully saturated rings. The van der Waals surface area contributed by atoms with Gasteiger partial charge in [0.05, 0.1) is 6.61 Å². The molecule has 0 saturated heterocycles. The third kappa shape index (κ3) is 3.68. The van der Waals surface area contributed by atoms with E-state index in [1.807, 2.05) is 19.1 Å². The summed E-state index contributed by atoms with van der Waals surface area (Å²) in [7, 11) is 0. The van der Waals surface area contributed by atoms with Crippen molar-refractivity contribution in [1.82, 2.24) is 4.98 Å². The second-order valence-electron chi connectivity index (χ2n) is 4.02. The highest BCUT2D eigenvalue weighted by Crippen LogP contribution is 2.20. The molecule has 4 heteroatoms. The van der Waals surface area contributed by atoms with E-state index in [-0.39, 0.29) is 12.0 Å². The zero-order valence-electron chi connectivity index (χ0n) is 9.13. The van der Waals surface area contributed by atoms with Crippen LogP contribution in [0.25, 0.3) is 0 Å². The number of aromatic nitrogens is 1. The highest BCUT2D eigenvalue weighted by atomic mass is 35.5. The number of halogens is 1. The Balaban J connectivity index is 2.56. The number of hydrogen-bond donors (Lipinski definition) is 2. The van der Waals surface area contributed by atoms with Crippen LogP contribution in [0.2, 0.25) is 5.15 Å². The maximum absolute atomic E-state index is 9.23. The van der Waals surface area contributed by atoms with Gasteiger partial charge in [-0.3, -0.25) is 0 Å². The van der Waals surface area contributed by atoms with Crippen molar-refractivity contribution in [2.45, 2.75) is 20.3 Å². The van der Waals surface area contributed by atoms with Crippen LogP contribution in [0.1, 0.15) is 20.3 Å². The van der Waals surface area contributed by atoms with E-state index in [1.165, 1.54) is 0 Å². The van der Waals surface area contributed by atoms with Crippen molar-refractivity contribution < 1.29 is 5.11 Å². The molecule has 15 heavy (non-hydrogen) atoms. The topological polar surface area (TPSA) is 45.1 Å². The smallest absolute Gasteiger partial charge is 0.131 e. The lowest BCUT2D eigenvalue weighted by molar-refractivity contribution is 0.149. The number of hydrogen-bond acceptors (Lipinski definition) is 3. The molecule has 1 heterocycles. The maximum Gasteiger partial charge on any atom is 0.131 e. The van der Waals surface area contributed by atoms with Crippen molar-refractivity contribution >= 4 is 17.4 Å². The Labute approximate surface area is 95.5 Å². The van der Waals surface area contributed by atoms with E-state index < -0.39 is 0 Å². The Morgan fingerprint density at radius 3 is 2.80 bits per heavy atom. The summed E-state index contributed by atoms with van der Waals surface area (Å²) in [6.45, 7) is 4.94. The van der Waals surface area contributed by atoms with Crippen LogP contribution in [0.3, 0.4) is 0 Å². The fourth-order valence-corrected chi connectivity index (χ4v) is 1.27. The van der Waals surface area contributed by atoms with Crippen molar-refractivity contribution in [2.24, 2.45) is 5.41 Å². The molecule has 1 rings (SSSR count). The van der Waals surface area contributed by atoms with E-state index >= 15 is 0 Å². The molecule has 1 atom stereocenters.